The second-order valence-corrected chi connectivity index (χ2v) is 3.48. The van der Waals surface area contributed by atoms with E-state index in [1.165, 1.54) is 10.8 Å². The molecule has 0 aliphatic carbocycles. The Morgan fingerprint density at radius 1 is 0.857 bits per heavy atom. The predicted octanol–water partition coefficient (Wildman–Crippen LogP) is 2.11. The van der Waals surface area contributed by atoms with E-state index in [1.807, 2.05) is 24.3 Å². The van der Waals surface area contributed by atoms with E-state index >= 15 is 0 Å². The molecule has 1 aromatic heterocycles. The van der Waals surface area contributed by atoms with Gasteiger partial charge in [0, 0.05) is 21.8 Å². The highest BCUT2D eigenvalue weighted by molar-refractivity contribution is 6.33. The van der Waals surface area contributed by atoms with Crippen molar-refractivity contribution in [2.24, 2.45) is 0 Å². The number of hydrogen-bond donors (Lipinski definition) is 1. The van der Waals surface area contributed by atoms with Crippen molar-refractivity contribution in [1.82, 2.24) is 4.98 Å². The highest BCUT2D eigenvalue weighted by Crippen LogP contribution is 2.23. The molecule has 1 nitrogen and oxygen atoms in total. The molecule has 3 rings (SSSR count). The average Bonchev–Trinajstić information content (AvgIpc) is 2.54. The minimum atomic E-state index is 0.795. The standard InChI is InChI=1S/C12H8BN/c13-8-5-6-10-9-3-1-2-4-11(9)14-12(10)7-8/h1-7,14H. The topological polar surface area (TPSA) is 15.8 Å². The fourth-order valence-electron chi connectivity index (χ4n) is 1.87. The summed E-state index contributed by atoms with van der Waals surface area (Å²) >= 11 is 0. The van der Waals surface area contributed by atoms with Crippen LogP contribution in [0.5, 0.6) is 0 Å². The molecule has 0 spiro atoms. The van der Waals surface area contributed by atoms with Gasteiger partial charge in [0.1, 0.15) is 7.85 Å². The fourth-order valence-corrected chi connectivity index (χ4v) is 1.87. The van der Waals surface area contributed by atoms with Gasteiger partial charge in [0.2, 0.25) is 0 Å². The molecule has 0 saturated carbocycles. The Balaban J connectivity index is 2.57. The number of aromatic nitrogens is 1. The van der Waals surface area contributed by atoms with Gasteiger partial charge in [-0.25, -0.2) is 0 Å². The number of hydrogen-bond acceptors (Lipinski definition) is 0. The Hall–Kier alpha value is -1.70. The summed E-state index contributed by atoms with van der Waals surface area (Å²) in [6, 6.07) is 14.2. The van der Waals surface area contributed by atoms with Crippen molar-refractivity contribution < 1.29 is 0 Å². The molecule has 0 aliphatic rings. The third-order valence-electron chi connectivity index (χ3n) is 2.53. The molecule has 14 heavy (non-hydrogen) atoms. The summed E-state index contributed by atoms with van der Waals surface area (Å²) in [7, 11) is 5.73. The van der Waals surface area contributed by atoms with Crippen LogP contribution in [-0.4, -0.2) is 12.8 Å². The minimum Gasteiger partial charge on any atom is -0.355 e. The molecule has 64 valence electrons. The third kappa shape index (κ3) is 0.972. The van der Waals surface area contributed by atoms with Gasteiger partial charge in [-0.2, -0.15) is 0 Å². The van der Waals surface area contributed by atoms with E-state index in [2.05, 4.69) is 23.2 Å². The van der Waals surface area contributed by atoms with Crippen LogP contribution < -0.4 is 5.46 Å². The van der Waals surface area contributed by atoms with Gasteiger partial charge in [-0.05, 0) is 12.1 Å². The van der Waals surface area contributed by atoms with Gasteiger partial charge in [0.15, 0.2) is 0 Å². The molecule has 3 aromatic rings. The lowest BCUT2D eigenvalue weighted by atomic mass is 9.95. The number of fused-ring (bicyclic) bond motifs is 3. The minimum absolute atomic E-state index is 0.795. The molecular weight excluding hydrogens is 169 g/mol. The van der Waals surface area contributed by atoms with E-state index < -0.39 is 0 Å². The zero-order chi connectivity index (χ0) is 9.54. The van der Waals surface area contributed by atoms with Crippen molar-refractivity contribution in [1.29, 1.82) is 0 Å². The van der Waals surface area contributed by atoms with E-state index in [9.17, 15) is 0 Å². The quantitative estimate of drug-likeness (QED) is 0.506. The van der Waals surface area contributed by atoms with Crippen LogP contribution in [-0.2, 0) is 0 Å². The van der Waals surface area contributed by atoms with Gasteiger partial charge in [0.25, 0.3) is 0 Å². The maximum absolute atomic E-state index is 5.73. The number of para-hydroxylation sites is 1. The van der Waals surface area contributed by atoms with E-state index in [0.717, 1.165) is 16.5 Å². The van der Waals surface area contributed by atoms with Crippen LogP contribution in [0, 0.1) is 0 Å². The molecule has 1 heterocycles. The molecular formula is C12H8BN. The summed E-state index contributed by atoms with van der Waals surface area (Å²) < 4.78 is 0. The summed E-state index contributed by atoms with van der Waals surface area (Å²) in [4.78, 5) is 3.34. The van der Waals surface area contributed by atoms with E-state index in [-0.39, 0.29) is 0 Å². The summed E-state index contributed by atoms with van der Waals surface area (Å²) in [5, 5.41) is 2.48. The van der Waals surface area contributed by atoms with Crippen molar-refractivity contribution in [2.75, 3.05) is 0 Å². The maximum Gasteiger partial charge on any atom is 0.113 e. The first-order valence-corrected chi connectivity index (χ1v) is 4.60. The van der Waals surface area contributed by atoms with Crippen LogP contribution >= 0.6 is 0 Å². The number of nitrogens with one attached hydrogen (secondary N) is 1. The lowest BCUT2D eigenvalue weighted by Gasteiger charge is -1.92. The van der Waals surface area contributed by atoms with Gasteiger partial charge in [-0.15, -0.1) is 0 Å². The van der Waals surface area contributed by atoms with Crippen LogP contribution in [0.1, 0.15) is 0 Å². The normalized spacial score (nSPS) is 11.1. The fraction of sp³-hybridized carbons (Fsp3) is 0. The highest BCUT2D eigenvalue weighted by atomic mass is 14.7. The summed E-state index contributed by atoms with van der Waals surface area (Å²) in [5.74, 6) is 0. The monoisotopic (exact) mass is 177 g/mol. The summed E-state index contributed by atoms with van der Waals surface area (Å²) in [6.07, 6.45) is 0. The Bertz CT molecular complexity index is 610. The molecule has 1 N–H and O–H groups in total. The van der Waals surface area contributed by atoms with E-state index in [4.69, 9.17) is 7.85 Å². The Morgan fingerprint density at radius 3 is 2.57 bits per heavy atom. The number of aromatic amines is 1. The van der Waals surface area contributed by atoms with Gasteiger partial charge >= 0.3 is 0 Å². The van der Waals surface area contributed by atoms with Gasteiger partial charge < -0.3 is 4.98 Å². The van der Waals surface area contributed by atoms with Crippen LogP contribution in [0.15, 0.2) is 42.5 Å². The molecule has 0 fully saturated rings. The van der Waals surface area contributed by atoms with Crippen molar-refractivity contribution in [2.45, 2.75) is 0 Å². The summed E-state index contributed by atoms with van der Waals surface area (Å²) in [6.45, 7) is 0. The average molecular weight is 177 g/mol. The Morgan fingerprint density at radius 2 is 1.64 bits per heavy atom. The first-order valence-electron chi connectivity index (χ1n) is 4.60. The first kappa shape index (κ1) is 7.68. The SMILES string of the molecule is [B]c1ccc2c(c1)[nH]c1ccccc12. The van der Waals surface area contributed by atoms with Crippen LogP contribution in [0.3, 0.4) is 0 Å². The number of benzene rings is 2. The molecule has 0 bridgehead atoms. The Kier molecular flexibility index (Phi) is 1.45. The van der Waals surface area contributed by atoms with Crippen LogP contribution in [0.4, 0.5) is 0 Å². The van der Waals surface area contributed by atoms with Crippen molar-refractivity contribution in [3.63, 3.8) is 0 Å². The second kappa shape index (κ2) is 2.64. The van der Waals surface area contributed by atoms with E-state index in [0.29, 0.717) is 0 Å². The van der Waals surface area contributed by atoms with Gasteiger partial charge in [-0.3, -0.25) is 0 Å². The van der Waals surface area contributed by atoms with Crippen LogP contribution in [0.2, 0.25) is 0 Å². The van der Waals surface area contributed by atoms with Gasteiger partial charge in [-0.1, -0.05) is 35.8 Å². The largest absolute Gasteiger partial charge is 0.355 e. The molecule has 0 amide bonds. The van der Waals surface area contributed by atoms with Crippen LogP contribution in [0.25, 0.3) is 21.8 Å². The second-order valence-electron chi connectivity index (χ2n) is 3.48. The lowest BCUT2D eigenvalue weighted by Crippen LogP contribution is -1.98. The molecule has 0 aliphatic heterocycles. The molecule has 0 unspecified atom stereocenters. The predicted molar refractivity (Wildman–Crippen MR) is 61.2 cm³/mol. The summed E-state index contributed by atoms with van der Waals surface area (Å²) in [5.41, 5.74) is 3.06. The van der Waals surface area contributed by atoms with Crippen molar-refractivity contribution in [3.8, 4) is 0 Å². The maximum atomic E-state index is 5.73. The van der Waals surface area contributed by atoms with Gasteiger partial charge in [0.05, 0.1) is 0 Å². The Labute approximate surface area is 83.2 Å². The lowest BCUT2D eigenvalue weighted by molar-refractivity contribution is 1.55. The van der Waals surface area contributed by atoms with Crippen molar-refractivity contribution >= 4 is 35.1 Å². The van der Waals surface area contributed by atoms with Crippen molar-refractivity contribution in [3.05, 3.63) is 42.5 Å². The molecule has 0 atom stereocenters. The third-order valence-corrected chi connectivity index (χ3v) is 2.53. The zero-order valence-corrected chi connectivity index (χ0v) is 7.62. The molecule has 2 aromatic carbocycles. The molecule has 2 radical (unpaired) electrons. The first-order chi connectivity index (χ1) is 6.84. The number of rotatable bonds is 0. The smallest absolute Gasteiger partial charge is 0.113 e. The molecule has 2 heteroatoms. The molecule has 0 saturated heterocycles. The van der Waals surface area contributed by atoms with E-state index in [1.54, 1.807) is 0 Å². The highest BCUT2D eigenvalue weighted by Gasteiger charge is 2.01. The zero-order valence-electron chi connectivity index (χ0n) is 7.62. The number of H-pyrrole nitrogens is 1.